The molecule has 0 spiro atoms. The number of amides is 1. The van der Waals surface area contributed by atoms with Gasteiger partial charge in [-0.15, -0.1) is 0 Å². The van der Waals surface area contributed by atoms with Crippen LogP contribution in [-0.4, -0.2) is 52.6 Å². The van der Waals surface area contributed by atoms with E-state index in [2.05, 4.69) is 13.8 Å². The number of rotatable bonds is 3. The molecule has 1 aliphatic rings. The third kappa shape index (κ3) is 2.82. The summed E-state index contributed by atoms with van der Waals surface area (Å²) >= 11 is 0. The second-order valence-electron chi connectivity index (χ2n) is 5.75. The highest BCUT2D eigenvalue weighted by molar-refractivity contribution is 5.83. The lowest BCUT2D eigenvalue weighted by atomic mass is 9.98. The van der Waals surface area contributed by atoms with Crippen molar-refractivity contribution in [3.05, 3.63) is 24.2 Å². The fraction of sp³-hybridized carbons (Fsp3) is 0.643. The van der Waals surface area contributed by atoms with E-state index in [0.717, 1.165) is 18.7 Å². The minimum Gasteiger partial charge on any atom is -0.467 e. The van der Waals surface area contributed by atoms with E-state index in [1.54, 1.807) is 6.26 Å². The Bertz CT molecular complexity index is 428. The van der Waals surface area contributed by atoms with Gasteiger partial charge in [-0.1, -0.05) is 0 Å². The molecule has 2 rings (SSSR count). The molecule has 0 radical (unpaired) electrons. The molecular weight excluding hydrogens is 244 g/mol. The monoisotopic (exact) mass is 266 g/mol. The molecule has 5 nitrogen and oxygen atoms in total. The number of hydrogen-bond donors (Lipinski definition) is 1. The number of hydrogen-bond acceptors (Lipinski definition) is 4. The van der Waals surface area contributed by atoms with Gasteiger partial charge in [-0.2, -0.15) is 0 Å². The van der Waals surface area contributed by atoms with Crippen molar-refractivity contribution < 1.29 is 14.3 Å². The predicted molar refractivity (Wildman–Crippen MR) is 71.5 cm³/mol. The highest BCUT2D eigenvalue weighted by Crippen LogP contribution is 2.27. The largest absolute Gasteiger partial charge is 0.467 e. The number of nitrogens with zero attached hydrogens (tertiary/aromatic N) is 2. The number of likely N-dealkylation sites (N-methyl/N-ethyl adjacent to an activating group) is 1. The van der Waals surface area contributed by atoms with Crippen molar-refractivity contribution in [2.75, 3.05) is 20.2 Å². The lowest BCUT2D eigenvalue weighted by molar-refractivity contribution is -0.141. The topological polar surface area (TPSA) is 56.9 Å². The van der Waals surface area contributed by atoms with Gasteiger partial charge in [-0.25, -0.2) is 0 Å². The van der Waals surface area contributed by atoms with Crippen LogP contribution in [0.5, 0.6) is 0 Å². The van der Waals surface area contributed by atoms with Crippen LogP contribution >= 0.6 is 0 Å². The summed E-state index contributed by atoms with van der Waals surface area (Å²) in [6, 6.07) is 3.23. The van der Waals surface area contributed by atoms with Gasteiger partial charge in [0.1, 0.15) is 11.8 Å². The summed E-state index contributed by atoms with van der Waals surface area (Å²) in [5, 5.41) is 9.46. The van der Waals surface area contributed by atoms with E-state index in [1.165, 1.54) is 0 Å². The normalized spacial score (nSPS) is 24.5. The number of furan rings is 1. The van der Waals surface area contributed by atoms with Crippen LogP contribution in [0.1, 0.15) is 26.0 Å². The first-order valence-corrected chi connectivity index (χ1v) is 6.60. The molecule has 0 bridgehead atoms. The van der Waals surface area contributed by atoms with Gasteiger partial charge in [0, 0.05) is 12.1 Å². The summed E-state index contributed by atoms with van der Waals surface area (Å²) in [7, 11) is 1.88. The quantitative estimate of drug-likeness (QED) is 0.889. The second-order valence-corrected chi connectivity index (χ2v) is 5.75. The average molecular weight is 266 g/mol. The molecule has 0 saturated carbocycles. The first-order chi connectivity index (χ1) is 8.95. The zero-order valence-corrected chi connectivity index (χ0v) is 11.8. The summed E-state index contributed by atoms with van der Waals surface area (Å²) in [6.07, 6.45) is 2.48. The van der Waals surface area contributed by atoms with E-state index in [4.69, 9.17) is 4.42 Å². The Morgan fingerprint density at radius 2 is 2.26 bits per heavy atom. The smallest absolute Gasteiger partial charge is 0.243 e. The Balaban J connectivity index is 2.27. The Morgan fingerprint density at radius 3 is 2.84 bits per heavy atom. The minimum absolute atomic E-state index is 0.0381. The van der Waals surface area contributed by atoms with Crippen LogP contribution in [0.2, 0.25) is 0 Å². The zero-order valence-electron chi connectivity index (χ0n) is 11.8. The molecule has 0 aromatic carbocycles. The summed E-state index contributed by atoms with van der Waals surface area (Å²) in [5.41, 5.74) is -0.248. The Labute approximate surface area is 113 Å². The number of aliphatic hydroxyl groups is 1. The predicted octanol–water partition coefficient (Wildman–Crippen LogP) is 1.08. The molecule has 19 heavy (non-hydrogen) atoms. The van der Waals surface area contributed by atoms with Gasteiger partial charge in [0.05, 0.1) is 19.4 Å². The SMILES string of the molecule is CN1CCC(C)(C)N(Cc2ccco2)C(=O)C1CO. The first kappa shape index (κ1) is 14.1. The number of carbonyl (C=O) groups is 1. The van der Waals surface area contributed by atoms with Crippen molar-refractivity contribution in [1.82, 2.24) is 9.80 Å². The van der Waals surface area contributed by atoms with Crippen LogP contribution in [0.25, 0.3) is 0 Å². The molecule has 1 aromatic heterocycles. The van der Waals surface area contributed by atoms with E-state index in [9.17, 15) is 9.90 Å². The van der Waals surface area contributed by atoms with Crippen molar-refractivity contribution in [2.45, 2.75) is 38.4 Å². The molecule has 5 heteroatoms. The van der Waals surface area contributed by atoms with E-state index >= 15 is 0 Å². The van der Waals surface area contributed by atoms with Gasteiger partial charge < -0.3 is 14.4 Å². The fourth-order valence-corrected chi connectivity index (χ4v) is 2.48. The van der Waals surface area contributed by atoms with Crippen LogP contribution < -0.4 is 0 Å². The number of carbonyl (C=O) groups excluding carboxylic acids is 1. The van der Waals surface area contributed by atoms with E-state index in [1.807, 2.05) is 29.0 Å². The summed E-state index contributed by atoms with van der Waals surface area (Å²) < 4.78 is 5.34. The summed E-state index contributed by atoms with van der Waals surface area (Å²) in [4.78, 5) is 16.3. The maximum absolute atomic E-state index is 12.6. The van der Waals surface area contributed by atoms with E-state index in [0.29, 0.717) is 6.54 Å². The maximum Gasteiger partial charge on any atom is 0.243 e. The van der Waals surface area contributed by atoms with Crippen LogP contribution in [0.3, 0.4) is 0 Å². The standard InChI is InChI=1S/C14H22N2O3/c1-14(2)6-7-15(3)12(10-17)13(18)16(14)9-11-5-4-8-19-11/h4-5,8,12,17H,6-7,9-10H2,1-3H3. The molecule has 1 fully saturated rings. The molecule has 1 amide bonds. The summed E-state index contributed by atoms with van der Waals surface area (Å²) in [5.74, 6) is 0.728. The first-order valence-electron chi connectivity index (χ1n) is 6.60. The van der Waals surface area contributed by atoms with E-state index in [-0.39, 0.29) is 18.1 Å². The summed E-state index contributed by atoms with van der Waals surface area (Å²) in [6.45, 7) is 5.20. The lowest BCUT2D eigenvalue weighted by Crippen LogP contribution is -2.51. The van der Waals surface area contributed by atoms with Gasteiger partial charge >= 0.3 is 0 Å². The van der Waals surface area contributed by atoms with Crippen molar-refractivity contribution in [2.24, 2.45) is 0 Å². The fourth-order valence-electron chi connectivity index (χ4n) is 2.48. The molecule has 1 atom stereocenters. The minimum atomic E-state index is -0.461. The van der Waals surface area contributed by atoms with Gasteiger partial charge in [-0.3, -0.25) is 9.69 Å². The zero-order chi connectivity index (χ0) is 14.0. The average Bonchev–Trinajstić information content (AvgIpc) is 2.84. The van der Waals surface area contributed by atoms with Crippen LogP contribution in [-0.2, 0) is 11.3 Å². The molecule has 1 saturated heterocycles. The van der Waals surface area contributed by atoms with Gasteiger partial charge in [0.25, 0.3) is 0 Å². The molecular formula is C14H22N2O3. The van der Waals surface area contributed by atoms with E-state index < -0.39 is 6.04 Å². The highest BCUT2D eigenvalue weighted by Gasteiger charge is 2.39. The van der Waals surface area contributed by atoms with Crippen molar-refractivity contribution in [1.29, 1.82) is 0 Å². The third-order valence-electron chi connectivity index (χ3n) is 3.96. The number of aliphatic hydroxyl groups excluding tert-OH is 1. The molecule has 1 aliphatic heterocycles. The Kier molecular flexibility index (Phi) is 3.96. The molecule has 2 heterocycles. The van der Waals surface area contributed by atoms with Crippen LogP contribution in [0.4, 0.5) is 0 Å². The second kappa shape index (κ2) is 5.35. The van der Waals surface area contributed by atoms with Crippen molar-refractivity contribution >= 4 is 5.91 Å². The third-order valence-corrected chi connectivity index (χ3v) is 3.96. The van der Waals surface area contributed by atoms with Crippen LogP contribution in [0.15, 0.2) is 22.8 Å². The molecule has 106 valence electrons. The van der Waals surface area contributed by atoms with Crippen molar-refractivity contribution in [3.8, 4) is 0 Å². The maximum atomic E-state index is 12.6. The molecule has 0 aliphatic carbocycles. The Morgan fingerprint density at radius 1 is 1.53 bits per heavy atom. The molecule has 1 N–H and O–H groups in total. The lowest BCUT2D eigenvalue weighted by Gasteiger charge is -2.37. The molecule has 1 aromatic rings. The van der Waals surface area contributed by atoms with Crippen molar-refractivity contribution in [3.63, 3.8) is 0 Å². The van der Waals surface area contributed by atoms with Crippen LogP contribution in [0, 0.1) is 0 Å². The van der Waals surface area contributed by atoms with Gasteiger partial charge in [0.2, 0.25) is 5.91 Å². The Hall–Kier alpha value is -1.33. The highest BCUT2D eigenvalue weighted by atomic mass is 16.3. The molecule has 1 unspecified atom stereocenters. The van der Waals surface area contributed by atoms with Gasteiger partial charge in [-0.05, 0) is 39.4 Å². The van der Waals surface area contributed by atoms with Gasteiger partial charge in [0.15, 0.2) is 0 Å².